The zero-order valence-corrected chi connectivity index (χ0v) is 11.9. The Kier molecular flexibility index (Phi) is 3.60. The largest absolute Gasteiger partial charge is 0.372 e. The highest BCUT2D eigenvalue weighted by atomic mass is 16.3. The van der Waals surface area contributed by atoms with Gasteiger partial charge >= 0.3 is 0 Å². The fourth-order valence-corrected chi connectivity index (χ4v) is 2.57. The summed E-state index contributed by atoms with van der Waals surface area (Å²) in [5.74, 6) is -2.09. The molecule has 0 saturated carbocycles. The third kappa shape index (κ3) is 2.33. The van der Waals surface area contributed by atoms with Crippen molar-refractivity contribution in [2.45, 2.75) is 6.23 Å². The zero-order valence-electron chi connectivity index (χ0n) is 11.9. The molecule has 1 aliphatic heterocycles. The third-order valence-electron chi connectivity index (χ3n) is 3.76. The van der Waals surface area contributed by atoms with Gasteiger partial charge in [-0.2, -0.15) is 0 Å². The highest BCUT2D eigenvalue weighted by Gasteiger charge is 2.42. The van der Waals surface area contributed by atoms with Crippen molar-refractivity contribution >= 4 is 23.1 Å². The smallest absolute Gasteiger partial charge is 0.239 e. The number of pyridine rings is 1. The number of carbonyl (C=O) groups is 2. The van der Waals surface area contributed by atoms with E-state index in [1.54, 1.807) is 43.4 Å². The predicted octanol–water partition coefficient (Wildman–Crippen LogP) is 1.29. The number of para-hydroxylation sites is 1. The molecule has 3 rings (SSSR count). The molecule has 2 heterocycles. The first-order valence-electron chi connectivity index (χ1n) is 6.84. The first-order chi connectivity index (χ1) is 10.6. The van der Waals surface area contributed by atoms with Crippen molar-refractivity contribution in [1.29, 1.82) is 0 Å². The van der Waals surface area contributed by atoms with Gasteiger partial charge in [-0.25, -0.2) is 0 Å². The SMILES string of the molecule is CN1c2ccccc2C(=O)C(C(=O)Nc2ccncc2)C1O. The van der Waals surface area contributed by atoms with Gasteiger partial charge < -0.3 is 15.3 Å². The van der Waals surface area contributed by atoms with Crippen molar-refractivity contribution in [3.8, 4) is 0 Å². The van der Waals surface area contributed by atoms with Gasteiger partial charge in [-0.1, -0.05) is 12.1 Å². The summed E-state index contributed by atoms with van der Waals surface area (Å²) in [4.78, 5) is 30.3. The molecule has 0 radical (unpaired) electrons. The fraction of sp³-hybridized carbons (Fsp3) is 0.188. The summed E-state index contributed by atoms with van der Waals surface area (Å²) < 4.78 is 0. The Morgan fingerprint density at radius 3 is 2.64 bits per heavy atom. The molecular formula is C16H15N3O3. The second kappa shape index (κ2) is 5.57. The van der Waals surface area contributed by atoms with Crippen LogP contribution < -0.4 is 10.2 Å². The van der Waals surface area contributed by atoms with Crippen molar-refractivity contribution < 1.29 is 14.7 Å². The van der Waals surface area contributed by atoms with E-state index in [2.05, 4.69) is 10.3 Å². The molecule has 2 unspecified atom stereocenters. The van der Waals surface area contributed by atoms with Crippen molar-refractivity contribution in [2.75, 3.05) is 17.3 Å². The van der Waals surface area contributed by atoms with Crippen molar-refractivity contribution in [3.05, 3.63) is 54.4 Å². The zero-order chi connectivity index (χ0) is 15.7. The van der Waals surface area contributed by atoms with E-state index in [1.165, 1.54) is 17.3 Å². The van der Waals surface area contributed by atoms with E-state index in [-0.39, 0.29) is 5.78 Å². The van der Waals surface area contributed by atoms with E-state index in [9.17, 15) is 14.7 Å². The molecule has 2 N–H and O–H groups in total. The number of benzene rings is 1. The maximum Gasteiger partial charge on any atom is 0.239 e. The van der Waals surface area contributed by atoms with Crippen LogP contribution in [0.25, 0.3) is 0 Å². The summed E-state index contributed by atoms with van der Waals surface area (Å²) in [6.07, 6.45) is 1.87. The molecule has 1 aromatic carbocycles. The van der Waals surface area contributed by atoms with Gasteiger partial charge in [0.2, 0.25) is 5.91 Å². The number of carbonyl (C=O) groups excluding carboxylic acids is 2. The van der Waals surface area contributed by atoms with E-state index >= 15 is 0 Å². The number of Topliss-reactive ketones (excluding diaryl/α,β-unsaturated/α-hetero) is 1. The number of aliphatic hydroxyl groups excluding tert-OH is 1. The Bertz CT molecular complexity index is 718. The van der Waals surface area contributed by atoms with E-state index < -0.39 is 18.1 Å². The molecule has 0 spiro atoms. The standard InChI is InChI=1S/C16H15N3O3/c1-19-12-5-3-2-4-11(12)14(20)13(16(19)22)15(21)18-10-6-8-17-9-7-10/h2-9,13,16,22H,1H3,(H,17,18,21). The van der Waals surface area contributed by atoms with E-state index in [4.69, 9.17) is 0 Å². The molecule has 2 aromatic rings. The quantitative estimate of drug-likeness (QED) is 0.816. The number of amides is 1. The number of rotatable bonds is 2. The summed E-state index contributed by atoms with van der Waals surface area (Å²) >= 11 is 0. The lowest BCUT2D eigenvalue weighted by molar-refractivity contribution is -0.121. The van der Waals surface area contributed by atoms with Crippen LogP contribution in [0.15, 0.2) is 48.8 Å². The van der Waals surface area contributed by atoms with Gasteiger partial charge in [0.25, 0.3) is 0 Å². The molecule has 1 aromatic heterocycles. The lowest BCUT2D eigenvalue weighted by Crippen LogP contribution is -2.51. The maximum absolute atomic E-state index is 12.5. The van der Waals surface area contributed by atoms with Crippen LogP contribution in [0, 0.1) is 5.92 Å². The molecule has 0 aliphatic carbocycles. The molecule has 1 amide bonds. The Hall–Kier alpha value is -2.73. The number of aromatic nitrogens is 1. The number of fused-ring (bicyclic) bond motifs is 1. The van der Waals surface area contributed by atoms with Gasteiger partial charge in [0, 0.05) is 36.4 Å². The molecule has 6 nitrogen and oxygen atoms in total. The molecule has 6 heteroatoms. The van der Waals surface area contributed by atoms with Crippen LogP contribution in [-0.4, -0.2) is 35.1 Å². The number of aliphatic hydroxyl groups is 1. The molecule has 112 valence electrons. The van der Waals surface area contributed by atoms with Gasteiger partial charge in [0.05, 0.1) is 0 Å². The van der Waals surface area contributed by atoms with Crippen LogP contribution in [0.4, 0.5) is 11.4 Å². The minimum Gasteiger partial charge on any atom is -0.372 e. The molecule has 2 atom stereocenters. The molecular weight excluding hydrogens is 282 g/mol. The summed E-state index contributed by atoms with van der Waals surface area (Å²) in [7, 11) is 1.66. The first-order valence-corrected chi connectivity index (χ1v) is 6.84. The number of hydrogen-bond donors (Lipinski definition) is 2. The average Bonchev–Trinajstić information content (AvgIpc) is 2.54. The molecule has 22 heavy (non-hydrogen) atoms. The number of nitrogens with one attached hydrogen (secondary N) is 1. The lowest BCUT2D eigenvalue weighted by Gasteiger charge is -2.36. The van der Waals surface area contributed by atoms with Gasteiger partial charge in [-0.3, -0.25) is 14.6 Å². The molecule has 0 fully saturated rings. The van der Waals surface area contributed by atoms with E-state index in [0.717, 1.165) is 0 Å². The molecule has 1 aliphatic rings. The average molecular weight is 297 g/mol. The normalized spacial score (nSPS) is 20.5. The van der Waals surface area contributed by atoms with Crippen LogP contribution in [-0.2, 0) is 4.79 Å². The minimum absolute atomic E-state index is 0.382. The van der Waals surface area contributed by atoms with Gasteiger partial charge in [0.15, 0.2) is 5.78 Å². The van der Waals surface area contributed by atoms with Crippen LogP contribution in [0.5, 0.6) is 0 Å². The van der Waals surface area contributed by atoms with Crippen LogP contribution >= 0.6 is 0 Å². The summed E-state index contributed by atoms with van der Waals surface area (Å²) in [5.41, 5.74) is 1.58. The second-order valence-corrected chi connectivity index (χ2v) is 5.11. The summed E-state index contributed by atoms with van der Waals surface area (Å²) in [5, 5.41) is 13.0. The lowest BCUT2D eigenvalue weighted by atomic mass is 9.89. The van der Waals surface area contributed by atoms with E-state index in [1.807, 2.05) is 0 Å². The number of nitrogens with zero attached hydrogens (tertiary/aromatic N) is 2. The minimum atomic E-state index is -1.20. The Balaban J connectivity index is 1.91. The highest BCUT2D eigenvalue weighted by molar-refractivity contribution is 6.17. The van der Waals surface area contributed by atoms with E-state index in [0.29, 0.717) is 16.9 Å². The van der Waals surface area contributed by atoms with Crippen molar-refractivity contribution in [1.82, 2.24) is 4.98 Å². The number of hydrogen-bond acceptors (Lipinski definition) is 5. The van der Waals surface area contributed by atoms with Crippen LogP contribution in [0.1, 0.15) is 10.4 Å². The van der Waals surface area contributed by atoms with Gasteiger partial charge in [0.1, 0.15) is 12.1 Å². The van der Waals surface area contributed by atoms with Crippen LogP contribution in [0.3, 0.4) is 0 Å². The van der Waals surface area contributed by atoms with Crippen LogP contribution in [0.2, 0.25) is 0 Å². The summed E-state index contributed by atoms with van der Waals surface area (Å²) in [6.45, 7) is 0. The van der Waals surface area contributed by atoms with Crippen molar-refractivity contribution in [3.63, 3.8) is 0 Å². The Morgan fingerprint density at radius 1 is 1.23 bits per heavy atom. The van der Waals surface area contributed by atoms with Gasteiger partial charge in [-0.15, -0.1) is 0 Å². The Labute approximate surface area is 127 Å². The topological polar surface area (TPSA) is 82.5 Å². The fourth-order valence-electron chi connectivity index (χ4n) is 2.57. The molecule has 0 saturated heterocycles. The highest BCUT2D eigenvalue weighted by Crippen LogP contribution is 2.32. The monoisotopic (exact) mass is 297 g/mol. The summed E-state index contributed by atoms with van der Waals surface area (Å²) in [6, 6.07) is 10.2. The predicted molar refractivity (Wildman–Crippen MR) is 81.5 cm³/mol. The second-order valence-electron chi connectivity index (χ2n) is 5.11. The first kappa shape index (κ1) is 14.2. The third-order valence-corrected chi connectivity index (χ3v) is 3.76. The van der Waals surface area contributed by atoms with Crippen molar-refractivity contribution in [2.24, 2.45) is 5.92 Å². The molecule has 0 bridgehead atoms. The van der Waals surface area contributed by atoms with Gasteiger partial charge in [-0.05, 0) is 24.3 Å². The Morgan fingerprint density at radius 2 is 1.91 bits per heavy atom. The number of ketones is 1. The maximum atomic E-state index is 12.5. The number of anilines is 2.